The molecule has 3 aromatic heterocycles. The molecule has 2 aliphatic carbocycles. The van der Waals surface area contributed by atoms with E-state index >= 15 is 0 Å². The van der Waals surface area contributed by atoms with Crippen molar-refractivity contribution < 1.29 is 0 Å². The van der Waals surface area contributed by atoms with E-state index in [1.165, 1.54) is 63.6 Å². The smallest absolute Gasteiger partial charge is 0.165 e. The molecule has 11 aromatic rings. The van der Waals surface area contributed by atoms with Crippen LogP contribution >= 0.6 is 11.3 Å². The third-order valence-corrected chi connectivity index (χ3v) is 15.1. The van der Waals surface area contributed by atoms with E-state index in [1.807, 2.05) is 23.6 Å². The number of aliphatic imine (C=N–C) groups is 1. The molecule has 2 unspecified atom stereocenters. The van der Waals surface area contributed by atoms with Gasteiger partial charge in [-0.25, -0.2) is 9.97 Å². The average molecular weight is 833 g/mol. The lowest BCUT2D eigenvalue weighted by Gasteiger charge is -2.35. The minimum Gasteiger partial charge on any atom is -0.290 e. The number of nitrogens with zero attached hydrogens (tertiary/aromatic N) is 4. The summed E-state index contributed by atoms with van der Waals surface area (Å²) in [6.07, 6.45) is 10.5. The van der Waals surface area contributed by atoms with Gasteiger partial charge in [0.2, 0.25) is 0 Å². The number of fused-ring (bicyclic) bond motifs is 17. The zero-order chi connectivity index (χ0) is 42.2. The molecule has 64 heavy (non-hydrogen) atoms. The molecule has 0 N–H and O–H groups in total. The monoisotopic (exact) mass is 832 g/mol. The summed E-state index contributed by atoms with van der Waals surface area (Å²) in [4.78, 5) is 16.3. The quantitative estimate of drug-likeness (QED) is 0.178. The van der Waals surface area contributed by atoms with Gasteiger partial charge in [0.25, 0.3) is 0 Å². The van der Waals surface area contributed by atoms with Crippen molar-refractivity contribution in [1.29, 1.82) is 0 Å². The molecule has 4 nitrogen and oxygen atoms in total. The largest absolute Gasteiger partial charge is 0.290 e. The first-order valence-electron chi connectivity index (χ1n) is 21.8. The van der Waals surface area contributed by atoms with E-state index in [2.05, 4.69) is 181 Å². The van der Waals surface area contributed by atoms with E-state index in [1.54, 1.807) is 0 Å². The van der Waals surface area contributed by atoms with E-state index < -0.39 is 0 Å². The molecule has 298 valence electrons. The highest BCUT2D eigenvalue weighted by atomic mass is 32.1. The molecule has 0 spiro atoms. The molecule has 0 radical (unpaired) electrons. The fourth-order valence-electron chi connectivity index (χ4n) is 11.0. The molecule has 8 aromatic carbocycles. The zero-order valence-corrected chi connectivity index (χ0v) is 35.4. The lowest BCUT2D eigenvalue weighted by molar-refractivity contribution is 0.920. The van der Waals surface area contributed by atoms with Gasteiger partial charge in [-0.1, -0.05) is 165 Å². The van der Waals surface area contributed by atoms with Crippen LogP contribution in [0.4, 0.5) is 0 Å². The summed E-state index contributed by atoms with van der Waals surface area (Å²) in [6, 6.07) is 54.8. The Morgan fingerprint density at radius 1 is 0.562 bits per heavy atom. The summed E-state index contributed by atoms with van der Waals surface area (Å²) in [7, 11) is 0. The normalized spacial score (nSPS) is 16.9. The van der Waals surface area contributed by atoms with Crippen molar-refractivity contribution in [3.63, 3.8) is 0 Å². The molecule has 4 heterocycles. The standard InChI is InChI=1S/C59H36N4S/c1-33-47-31-36(28-29-41(47)40-19-7-8-20-42(40)51(33)54-34(2)38-17-5-4-16-37(38)32-60-54)55-59(62-49-25-13-12-24-48(49)61-55)63-50-26-14-11-23-45(50)52-43-21-9-10-22-44(43)53-46-30-27-35-15-3-6-18-39(35)57(46)64-58(53)56(52)63/h3-32,38,51H,1-2H2. The Kier molecular flexibility index (Phi) is 7.37. The molecule has 0 saturated carbocycles. The third-order valence-electron chi connectivity index (χ3n) is 13.8. The summed E-state index contributed by atoms with van der Waals surface area (Å²) in [6.45, 7) is 9.53. The van der Waals surface area contributed by atoms with Crippen LogP contribution in [0, 0.1) is 5.92 Å². The molecule has 0 bridgehead atoms. The van der Waals surface area contributed by atoms with Crippen molar-refractivity contribution in [3.8, 4) is 28.2 Å². The lowest BCUT2D eigenvalue weighted by atomic mass is 9.70. The van der Waals surface area contributed by atoms with Crippen molar-refractivity contribution in [2.45, 2.75) is 5.92 Å². The second kappa shape index (κ2) is 13.3. The lowest BCUT2D eigenvalue weighted by Crippen LogP contribution is -2.25. The first-order chi connectivity index (χ1) is 31.6. The Balaban J connectivity index is 1.07. The maximum Gasteiger partial charge on any atom is 0.165 e. The Morgan fingerprint density at radius 3 is 2.17 bits per heavy atom. The van der Waals surface area contributed by atoms with Gasteiger partial charge < -0.3 is 0 Å². The maximum atomic E-state index is 5.62. The highest BCUT2D eigenvalue weighted by Crippen LogP contribution is 2.52. The Morgan fingerprint density at radius 2 is 1.30 bits per heavy atom. The van der Waals surface area contributed by atoms with E-state index in [0.717, 1.165) is 72.7 Å². The van der Waals surface area contributed by atoms with Crippen LogP contribution in [0.15, 0.2) is 211 Å². The second-order valence-electron chi connectivity index (χ2n) is 17.2. The van der Waals surface area contributed by atoms with Crippen LogP contribution in [0.2, 0.25) is 0 Å². The number of para-hydroxylation sites is 3. The Bertz CT molecular complexity index is 4080. The van der Waals surface area contributed by atoms with Crippen LogP contribution in [-0.4, -0.2) is 20.2 Å². The van der Waals surface area contributed by atoms with E-state index in [9.17, 15) is 0 Å². The summed E-state index contributed by atoms with van der Waals surface area (Å²) in [5.41, 5.74) is 14.5. The van der Waals surface area contributed by atoms with Crippen LogP contribution in [-0.2, 0) is 0 Å². The van der Waals surface area contributed by atoms with Crippen LogP contribution in [0.5, 0.6) is 0 Å². The molecular formula is C59H36N4S. The van der Waals surface area contributed by atoms with Gasteiger partial charge >= 0.3 is 0 Å². The van der Waals surface area contributed by atoms with Crippen molar-refractivity contribution in [3.05, 3.63) is 218 Å². The predicted molar refractivity (Wildman–Crippen MR) is 271 cm³/mol. The second-order valence-corrected chi connectivity index (χ2v) is 18.2. The van der Waals surface area contributed by atoms with Gasteiger partial charge in [0.05, 0.1) is 38.4 Å². The summed E-state index contributed by atoms with van der Waals surface area (Å²) < 4.78 is 4.95. The number of allylic oxidation sites excluding steroid dienone is 7. The van der Waals surface area contributed by atoms with Crippen molar-refractivity contribution in [2.75, 3.05) is 0 Å². The number of hydrogen-bond donors (Lipinski definition) is 0. The van der Waals surface area contributed by atoms with Gasteiger partial charge in [0.1, 0.15) is 5.69 Å². The number of benzene rings is 8. The van der Waals surface area contributed by atoms with Gasteiger partial charge in [0.15, 0.2) is 5.82 Å². The Hall–Kier alpha value is -7.99. The van der Waals surface area contributed by atoms with E-state index in [0.29, 0.717) is 0 Å². The molecule has 5 heteroatoms. The fraction of sp³-hybridized carbons (Fsp3) is 0.0339. The van der Waals surface area contributed by atoms with Crippen molar-refractivity contribution in [2.24, 2.45) is 10.9 Å². The van der Waals surface area contributed by atoms with Gasteiger partial charge in [0, 0.05) is 43.9 Å². The first-order valence-corrected chi connectivity index (χ1v) is 22.6. The van der Waals surface area contributed by atoms with Crippen LogP contribution in [0.1, 0.15) is 17.0 Å². The van der Waals surface area contributed by atoms with Crippen LogP contribution < -0.4 is 0 Å². The molecule has 1 aliphatic heterocycles. The van der Waals surface area contributed by atoms with E-state index in [4.69, 9.17) is 21.5 Å². The molecular weight excluding hydrogens is 797 g/mol. The highest BCUT2D eigenvalue weighted by molar-refractivity contribution is 7.27. The third kappa shape index (κ3) is 4.84. The molecule has 0 fully saturated rings. The highest BCUT2D eigenvalue weighted by Gasteiger charge is 2.36. The van der Waals surface area contributed by atoms with Crippen LogP contribution in [0.25, 0.3) is 108 Å². The molecule has 3 aliphatic rings. The van der Waals surface area contributed by atoms with Crippen molar-refractivity contribution >= 4 is 97.2 Å². The van der Waals surface area contributed by atoms with Crippen molar-refractivity contribution in [1.82, 2.24) is 14.5 Å². The van der Waals surface area contributed by atoms with Gasteiger partial charge in [-0.15, -0.1) is 11.3 Å². The molecule has 14 rings (SSSR count). The number of thiophene rings is 1. The zero-order valence-electron chi connectivity index (χ0n) is 34.6. The number of hydrogen-bond acceptors (Lipinski definition) is 4. The number of rotatable bonds is 3. The van der Waals surface area contributed by atoms with Crippen LogP contribution in [0.3, 0.4) is 0 Å². The maximum absolute atomic E-state index is 5.62. The minimum absolute atomic E-state index is 0.0927. The van der Waals surface area contributed by atoms with Gasteiger partial charge in [-0.3, -0.25) is 9.56 Å². The molecule has 0 amide bonds. The van der Waals surface area contributed by atoms with Gasteiger partial charge in [-0.05, 0) is 84.8 Å². The summed E-state index contributed by atoms with van der Waals surface area (Å²) in [5.74, 6) is 0.728. The topological polar surface area (TPSA) is 43.1 Å². The summed E-state index contributed by atoms with van der Waals surface area (Å²) >= 11 is 1.89. The summed E-state index contributed by atoms with van der Waals surface area (Å²) in [5, 5.41) is 9.96. The molecule has 2 atom stereocenters. The first kappa shape index (κ1) is 35.6. The minimum atomic E-state index is -0.159. The molecule has 0 saturated heterocycles. The fourth-order valence-corrected chi connectivity index (χ4v) is 12.3. The average Bonchev–Trinajstić information content (AvgIpc) is 3.92. The van der Waals surface area contributed by atoms with Gasteiger partial charge in [-0.2, -0.15) is 0 Å². The Labute approximate surface area is 372 Å². The van der Waals surface area contributed by atoms with E-state index in [-0.39, 0.29) is 11.8 Å². The predicted octanol–water partition coefficient (Wildman–Crippen LogP) is 15.5. The number of aromatic nitrogens is 3. The SMILES string of the molecule is C=C1C(C2C(=C)c3cc(-c4nc5ccccc5nc4-n4c5ccccc5c5c6ccccc6c6c7ccc8ccccc8c7sc6c54)ccc3-c3ccccc32)=NC=C2C=CC=CC12.